The molecule has 0 radical (unpaired) electrons. The standard InChI is InChI=1S/C3H10OP2/c1-4-5-6(2)3/h5H,1-3H3. The summed E-state index contributed by atoms with van der Waals surface area (Å²) in [5.74, 6) is 0. The van der Waals surface area contributed by atoms with E-state index in [1.807, 2.05) is 0 Å². The van der Waals surface area contributed by atoms with E-state index in [2.05, 4.69) is 13.3 Å². The monoisotopic (exact) mass is 124 g/mol. The third-order valence-corrected chi connectivity index (χ3v) is 2.46. The van der Waals surface area contributed by atoms with E-state index in [4.69, 9.17) is 4.52 Å². The van der Waals surface area contributed by atoms with Crippen LogP contribution in [0.3, 0.4) is 0 Å². The molecule has 0 N–H and O–H groups in total. The van der Waals surface area contributed by atoms with E-state index in [0.717, 1.165) is 8.50 Å². The summed E-state index contributed by atoms with van der Waals surface area (Å²) in [6.45, 7) is 4.41. The molecule has 0 aliphatic rings. The van der Waals surface area contributed by atoms with Crippen LogP contribution in [0.1, 0.15) is 0 Å². The highest BCUT2D eigenvalue weighted by molar-refractivity contribution is 8.18. The van der Waals surface area contributed by atoms with E-state index in [0.29, 0.717) is 0 Å². The molecule has 1 unspecified atom stereocenters. The Morgan fingerprint density at radius 3 is 2.00 bits per heavy atom. The van der Waals surface area contributed by atoms with Gasteiger partial charge >= 0.3 is 0 Å². The van der Waals surface area contributed by atoms with Crippen LogP contribution in [0.25, 0.3) is 0 Å². The molecule has 38 valence electrons. The highest BCUT2D eigenvalue weighted by atomic mass is 32.1. The summed E-state index contributed by atoms with van der Waals surface area (Å²) in [5.41, 5.74) is 0. The van der Waals surface area contributed by atoms with Crippen molar-refractivity contribution < 1.29 is 4.52 Å². The van der Waals surface area contributed by atoms with Gasteiger partial charge in [-0.05, 0) is 13.3 Å². The summed E-state index contributed by atoms with van der Waals surface area (Å²) in [5, 5.41) is 0. The lowest BCUT2D eigenvalue weighted by molar-refractivity contribution is 0.484. The molecule has 0 rings (SSSR count). The van der Waals surface area contributed by atoms with Crippen LogP contribution >= 0.6 is 16.1 Å². The molecule has 6 heavy (non-hydrogen) atoms. The Labute approximate surface area is 42.0 Å². The van der Waals surface area contributed by atoms with Gasteiger partial charge < -0.3 is 4.52 Å². The molecule has 0 bridgehead atoms. The van der Waals surface area contributed by atoms with Gasteiger partial charge in [-0.1, -0.05) is 7.61 Å². The molecule has 3 heteroatoms. The molecule has 0 spiro atoms. The van der Waals surface area contributed by atoms with Gasteiger partial charge in [0.1, 0.15) is 0 Å². The zero-order valence-corrected chi connectivity index (χ0v) is 6.25. The summed E-state index contributed by atoms with van der Waals surface area (Å²) >= 11 is 0. The van der Waals surface area contributed by atoms with Crippen LogP contribution < -0.4 is 0 Å². The summed E-state index contributed by atoms with van der Waals surface area (Å²) in [7, 11) is 2.69. The van der Waals surface area contributed by atoms with Crippen molar-refractivity contribution >= 4 is 16.1 Å². The number of hydrogen-bond donors (Lipinski definition) is 0. The van der Waals surface area contributed by atoms with Gasteiger partial charge in [0.15, 0.2) is 0 Å². The van der Waals surface area contributed by atoms with Gasteiger partial charge in [0, 0.05) is 15.6 Å². The van der Waals surface area contributed by atoms with Gasteiger partial charge in [-0.2, -0.15) is 0 Å². The summed E-state index contributed by atoms with van der Waals surface area (Å²) in [6, 6.07) is 0. The molecular formula is C3H10OP2. The van der Waals surface area contributed by atoms with Crippen molar-refractivity contribution in [1.29, 1.82) is 0 Å². The van der Waals surface area contributed by atoms with Crippen LogP contribution in [0.4, 0.5) is 0 Å². The molecule has 1 nitrogen and oxygen atoms in total. The van der Waals surface area contributed by atoms with E-state index in [1.165, 1.54) is 0 Å². The van der Waals surface area contributed by atoms with Crippen LogP contribution in [-0.4, -0.2) is 20.4 Å². The fourth-order valence-electron chi connectivity index (χ4n) is 0.183. The fourth-order valence-corrected chi connectivity index (χ4v) is 1.64. The Balaban J connectivity index is 2.63. The summed E-state index contributed by atoms with van der Waals surface area (Å²) < 4.78 is 4.86. The lowest BCUT2D eigenvalue weighted by Crippen LogP contribution is -1.55. The normalized spacial score (nSPS) is 12.0. The predicted molar refractivity (Wildman–Crippen MR) is 34.1 cm³/mol. The van der Waals surface area contributed by atoms with Crippen LogP contribution in [0.15, 0.2) is 0 Å². The smallest absolute Gasteiger partial charge is 0.0399 e. The van der Waals surface area contributed by atoms with Gasteiger partial charge in [-0.3, -0.25) is 0 Å². The third-order valence-electron chi connectivity index (χ3n) is 0.274. The van der Waals surface area contributed by atoms with Gasteiger partial charge in [0.25, 0.3) is 0 Å². The maximum absolute atomic E-state index is 4.86. The average molecular weight is 124 g/mol. The van der Waals surface area contributed by atoms with Crippen molar-refractivity contribution in [1.82, 2.24) is 0 Å². The molecule has 0 fully saturated rings. The van der Waals surface area contributed by atoms with Crippen molar-refractivity contribution in [3.8, 4) is 0 Å². The Morgan fingerprint density at radius 1 is 1.50 bits per heavy atom. The lowest BCUT2D eigenvalue weighted by atomic mass is 11.8. The SMILES string of the molecule is COPP(C)C. The van der Waals surface area contributed by atoms with E-state index in [-0.39, 0.29) is 7.61 Å². The van der Waals surface area contributed by atoms with Crippen molar-refractivity contribution in [3.63, 3.8) is 0 Å². The van der Waals surface area contributed by atoms with Crippen LogP contribution in [-0.2, 0) is 4.52 Å². The first-order valence-corrected chi connectivity index (χ1v) is 5.72. The van der Waals surface area contributed by atoms with Gasteiger partial charge in [0.2, 0.25) is 0 Å². The van der Waals surface area contributed by atoms with E-state index in [1.54, 1.807) is 7.11 Å². The van der Waals surface area contributed by atoms with Crippen molar-refractivity contribution in [3.05, 3.63) is 0 Å². The van der Waals surface area contributed by atoms with E-state index in [9.17, 15) is 0 Å². The molecule has 0 amide bonds. The van der Waals surface area contributed by atoms with Crippen LogP contribution in [0.5, 0.6) is 0 Å². The Kier molecular flexibility index (Phi) is 4.54. The van der Waals surface area contributed by atoms with Crippen molar-refractivity contribution in [2.75, 3.05) is 20.4 Å². The van der Waals surface area contributed by atoms with E-state index < -0.39 is 0 Å². The minimum absolute atomic E-state index is 0.205. The molecule has 0 aromatic carbocycles. The van der Waals surface area contributed by atoms with Crippen molar-refractivity contribution in [2.24, 2.45) is 0 Å². The second-order valence-corrected chi connectivity index (χ2v) is 6.80. The molecular weight excluding hydrogens is 114 g/mol. The van der Waals surface area contributed by atoms with Crippen LogP contribution in [0.2, 0.25) is 0 Å². The number of hydrogen-bond acceptors (Lipinski definition) is 1. The number of rotatable bonds is 2. The van der Waals surface area contributed by atoms with Gasteiger partial charge in [0.05, 0.1) is 0 Å². The zero-order chi connectivity index (χ0) is 4.99. The predicted octanol–water partition coefficient (Wildman–Crippen LogP) is 1.88. The summed E-state index contributed by atoms with van der Waals surface area (Å²) in [4.78, 5) is 0. The van der Waals surface area contributed by atoms with Gasteiger partial charge in [-0.15, -0.1) is 0 Å². The second-order valence-electron chi connectivity index (χ2n) is 1.19. The maximum Gasteiger partial charge on any atom is 0.0399 e. The van der Waals surface area contributed by atoms with E-state index >= 15 is 0 Å². The summed E-state index contributed by atoms with van der Waals surface area (Å²) in [6.07, 6.45) is 0. The zero-order valence-electron chi connectivity index (χ0n) is 4.36. The first-order chi connectivity index (χ1) is 2.77. The molecule has 0 aliphatic carbocycles. The minimum atomic E-state index is 0.205. The quantitative estimate of drug-likeness (QED) is 0.510. The minimum Gasteiger partial charge on any atom is -0.361 e. The highest BCUT2D eigenvalue weighted by Gasteiger charge is 1.84. The first-order valence-electron chi connectivity index (χ1n) is 1.73. The third kappa shape index (κ3) is 4.82. The molecule has 0 saturated heterocycles. The largest absolute Gasteiger partial charge is 0.361 e. The Hall–Kier alpha value is 0.820. The second kappa shape index (κ2) is 3.99. The topological polar surface area (TPSA) is 9.23 Å². The molecule has 0 aliphatic heterocycles. The maximum atomic E-state index is 4.86. The molecule has 1 atom stereocenters. The molecule has 0 saturated carbocycles. The fraction of sp³-hybridized carbons (Fsp3) is 1.00. The molecule has 0 aromatic heterocycles. The van der Waals surface area contributed by atoms with Crippen molar-refractivity contribution in [2.45, 2.75) is 0 Å². The molecule has 0 aromatic rings. The lowest BCUT2D eigenvalue weighted by Gasteiger charge is -1.98. The Morgan fingerprint density at radius 2 is 2.00 bits per heavy atom. The van der Waals surface area contributed by atoms with Crippen LogP contribution in [0, 0.1) is 0 Å². The first kappa shape index (κ1) is 6.82. The van der Waals surface area contributed by atoms with Gasteiger partial charge in [-0.25, -0.2) is 0 Å². The Bertz CT molecular complexity index is 30.0. The average Bonchev–Trinajstić information content (AvgIpc) is 1.35. The highest BCUT2D eigenvalue weighted by Crippen LogP contribution is 2.48. The molecule has 0 heterocycles.